The first-order chi connectivity index (χ1) is 38.2. The van der Waals surface area contributed by atoms with Gasteiger partial charge in [-0.3, -0.25) is 24.1 Å². The number of aliphatic hydroxyl groups excluding tert-OH is 1. The molecule has 0 spiro atoms. The first-order valence-electron chi connectivity index (χ1n) is 27.2. The van der Waals surface area contributed by atoms with Crippen molar-refractivity contribution < 1.29 is 63.1 Å². The minimum atomic E-state index is -1.25. The first-order valence-corrected chi connectivity index (χ1v) is 28.1. The quantitative estimate of drug-likeness (QED) is 0.0203. The molecule has 0 unspecified atom stereocenters. The molecule has 4 aliphatic heterocycles. The Morgan fingerprint density at radius 2 is 1.74 bits per heavy atom. The van der Waals surface area contributed by atoms with Gasteiger partial charge >= 0.3 is 17.9 Å². The zero-order valence-electron chi connectivity index (χ0n) is 46.2. The molecular weight excluding hydrogens is 1050 g/mol. The van der Waals surface area contributed by atoms with Crippen molar-refractivity contribution in [2.45, 2.75) is 129 Å². The summed E-state index contributed by atoms with van der Waals surface area (Å²) in [7, 11) is 1.62. The van der Waals surface area contributed by atoms with Crippen molar-refractivity contribution in [3.63, 3.8) is 0 Å². The SMILES string of the molecule is CCC(C)(C)C(=O)C(=O)N1CCCC[C@H]1C(=O)O[C@H](CCc1ccc(OC)c(C)c1)c1cccc(OCCNc2nccc(CN3C[C@@H](SC4=C(C(=O)O)N5C(=O)[C@H]([C@@H](C)O)[C@H]5[C@H]4C)C[C@H]3C(=O)Nc3cccc(C(=O)O)c3)n2)c1. The van der Waals surface area contributed by atoms with Crippen molar-refractivity contribution in [3.05, 3.63) is 118 Å². The number of carboxylic acid groups (broad SMARTS) is 2. The number of benzene rings is 3. The number of methoxy groups -OCH3 is 1. The molecule has 4 aromatic rings. The van der Waals surface area contributed by atoms with Crippen LogP contribution in [0.4, 0.5) is 11.6 Å². The molecule has 5 heterocycles. The van der Waals surface area contributed by atoms with E-state index >= 15 is 0 Å². The maximum Gasteiger partial charge on any atom is 0.353 e. The number of esters is 1. The van der Waals surface area contributed by atoms with Crippen LogP contribution in [0.2, 0.25) is 0 Å². The molecule has 3 amide bonds. The molecule has 4 aliphatic rings. The average molecular weight is 1120 g/mol. The minimum Gasteiger partial charge on any atom is -0.496 e. The number of β-lactam (4-membered cyclic amide) rings is 1. The number of hydrogen-bond donors (Lipinski definition) is 5. The number of aromatic carboxylic acids is 1. The number of carbonyl (C=O) groups excluding carboxylic acids is 5. The molecule has 8 atom stereocenters. The highest BCUT2D eigenvalue weighted by molar-refractivity contribution is 8.03. The van der Waals surface area contributed by atoms with Crippen LogP contribution in [0.5, 0.6) is 11.5 Å². The second kappa shape index (κ2) is 25.4. The molecule has 80 heavy (non-hydrogen) atoms. The number of aromatic nitrogens is 2. The Kier molecular flexibility index (Phi) is 18.7. The van der Waals surface area contributed by atoms with Gasteiger partial charge in [-0.2, -0.15) is 0 Å². The van der Waals surface area contributed by atoms with E-state index in [1.54, 1.807) is 45.4 Å². The number of aliphatic carboxylic acids is 1. The predicted molar refractivity (Wildman–Crippen MR) is 298 cm³/mol. The van der Waals surface area contributed by atoms with Gasteiger partial charge in [0.15, 0.2) is 0 Å². The van der Waals surface area contributed by atoms with Crippen molar-refractivity contribution >= 4 is 64.8 Å². The number of Topliss-reactive ketones (excluding diaryl/α,β-unsaturated/α-hetero) is 1. The number of anilines is 2. The number of thioether (sulfide) groups is 1. The second-order valence-corrected chi connectivity index (χ2v) is 23.0. The van der Waals surface area contributed by atoms with Gasteiger partial charge in [-0.1, -0.05) is 58.0 Å². The minimum absolute atomic E-state index is 0.000840. The van der Waals surface area contributed by atoms with Crippen LogP contribution < -0.4 is 20.1 Å². The summed E-state index contributed by atoms with van der Waals surface area (Å²) in [4.78, 5) is 107. The molecule has 8 rings (SSSR count). The number of carboxylic acids is 2. The lowest BCUT2D eigenvalue weighted by Gasteiger charge is -2.46. The average Bonchev–Trinajstić information content (AvgIpc) is 4.16. The predicted octanol–water partition coefficient (Wildman–Crippen LogP) is 7.05. The Morgan fingerprint density at radius 1 is 0.963 bits per heavy atom. The van der Waals surface area contributed by atoms with Crippen LogP contribution in [-0.2, 0) is 46.5 Å². The van der Waals surface area contributed by atoms with E-state index < -0.39 is 83.1 Å². The summed E-state index contributed by atoms with van der Waals surface area (Å²) in [6, 6.07) is 18.7. The highest BCUT2D eigenvalue weighted by Gasteiger charge is 2.60. The maximum absolute atomic E-state index is 14.2. The number of fused-ring (bicyclic) bond motifs is 1. The van der Waals surface area contributed by atoms with E-state index in [2.05, 4.69) is 15.6 Å². The molecule has 0 radical (unpaired) electrons. The third-order valence-corrected chi connectivity index (χ3v) is 17.2. The van der Waals surface area contributed by atoms with Gasteiger partial charge in [0.1, 0.15) is 35.9 Å². The van der Waals surface area contributed by atoms with E-state index in [9.17, 15) is 48.9 Å². The number of carbonyl (C=O) groups is 7. The summed E-state index contributed by atoms with van der Waals surface area (Å²) >= 11 is 1.32. The van der Waals surface area contributed by atoms with Gasteiger partial charge in [0.25, 0.3) is 5.91 Å². The lowest BCUT2D eigenvalue weighted by molar-refractivity contribution is -0.164. The Hall–Kier alpha value is -7.36. The molecule has 3 saturated heterocycles. The number of piperidine rings is 1. The number of likely N-dealkylation sites (tertiary alicyclic amines) is 2. The number of nitrogens with zero attached hydrogens (tertiary/aromatic N) is 5. The van der Waals surface area contributed by atoms with Crippen LogP contribution in [0, 0.1) is 24.2 Å². The molecule has 1 aromatic heterocycles. The summed E-state index contributed by atoms with van der Waals surface area (Å²) in [5, 5.41) is 36.1. The zero-order chi connectivity index (χ0) is 57.6. The van der Waals surface area contributed by atoms with Crippen molar-refractivity contribution in [1.29, 1.82) is 0 Å². The Morgan fingerprint density at radius 3 is 2.45 bits per heavy atom. The van der Waals surface area contributed by atoms with Gasteiger partial charge in [0, 0.05) is 53.0 Å². The number of rotatable bonds is 24. The van der Waals surface area contributed by atoms with Crippen LogP contribution >= 0.6 is 11.8 Å². The number of aryl methyl sites for hydroxylation is 2. The van der Waals surface area contributed by atoms with Crippen LogP contribution in [0.1, 0.15) is 112 Å². The molecule has 3 fully saturated rings. The second-order valence-electron chi connectivity index (χ2n) is 21.6. The number of aliphatic hydroxyl groups is 1. The molecule has 20 nitrogen and oxygen atoms in total. The highest BCUT2D eigenvalue weighted by Crippen LogP contribution is 2.52. The highest BCUT2D eigenvalue weighted by atomic mass is 32.2. The molecule has 3 aromatic carbocycles. The van der Waals surface area contributed by atoms with Crippen molar-refractivity contribution in [1.82, 2.24) is 24.7 Å². The number of ketones is 1. The van der Waals surface area contributed by atoms with Crippen molar-refractivity contribution in [2.75, 3.05) is 44.0 Å². The number of amides is 3. The molecule has 0 saturated carbocycles. The molecule has 21 heteroatoms. The first kappa shape index (κ1) is 58.8. The lowest BCUT2D eigenvalue weighted by Crippen LogP contribution is -2.63. The Bertz CT molecular complexity index is 3040. The maximum atomic E-state index is 14.2. The van der Waals surface area contributed by atoms with E-state index in [0.717, 1.165) is 16.9 Å². The van der Waals surface area contributed by atoms with E-state index in [1.807, 2.05) is 62.1 Å². The molecular formula is C59H71N7O13S. The smallest absolute Gasteiger partial charge is 0.353 e. The summed E-state index contributed by atoms with van der Waals surface area (Å²) in [6.45, 7) is 11.9. The number of nitrogens with one attached hydrogen (secondary N) is 2. The largest absolute Gasteiger partial charge is 0.496 e. The number of hydrogen-bond acceptors (Lipinski definition) is 16. The fraction of sp³-hybridized carbons (Fsp3) is 0.475. The van der Waals surface area contributed by atoms with Gasteiger partial charge in [0.2, 0.25) is 23.5 Å². The van der Waals surface area contributed by atoms with Crippen LogP contribution in [0.15, 0.2) is 89.6 Å². The fourth-order valence-electron chi connectivity index (χ4n) is 11.0. The molecule has 5 N–H and O–H groups in total. The lowest BCUT2D eigenvalue weighted by atomic mass is 9.79. The fourth-order valence-corrected chi connectivity index (χ4v) is 12.6. The standard InChI is InChI=1S/C59H71N7O13S/c1-8-59(5,6)51(68)54(71)65-25-10-9-17-43(65)57(76)79-46(21-19-36-18-20-45(77-7)33(2)27-36)37-13-12-16-41(29-37)78-26-24-61-58-60-23-22-40(63-58)31-64-32-42(30-44(64)52(69)62-39-15-11-14-38(28-39)55(72)73)80-50-34(3)48-47(35(4)67)53(70)66(48)49(50)56(74)75/h11-16,18,20,22-23,27-29,34-35,42-44,46-48,67H,8-10,17,19,21,24-26,30-32H2,1-7H3,(H,62,69)(H,72,73)(H,74,75)(H,60,61,63)/t34-,35-,42+,43+,44+,46-,47-,48-/m1/s1. The topological polar surface area (TPSA) is 267 Å². The Labute approximate surface area is 469 Å². The van der Waals surface area contributed by atoms with E-state index in [0.29, 0.717) is 78.6 Å². The van der Waals surface area contributed by atoms with Crippen LogP contribution in [-0.4, -0.2) is 144 Å². The summed E-state index contributed by atoms with van der Waals surface area (Å²) in [6.07, 6.45) is 3.41. The van der Waals surface area contributed by atoms with Gasteiger partial charge in [-0.25, -0.2) is 24.4 Å². The van der Waals surface area contributed by atoms with Gasteiger partial charge in [-0.15, -0.1) is 11.8 Å². The third-order valence-electron chi connectivity index (χ3n) is 15.8. The third kappa shape index (κ3) is 13.1. The van der Waals surface area contributed by atoms with Crippen LogP contribution in [0.25, 0.3) is 0 Å². The summed E-state index contributed by atoms with van der Waals surface area (Å²) in [5.41, 5.74) is 2.57. The Balaban J connectivity index is 0.940. The van der Waals surface area contributed by atoms with Gasteiger partial charge < -0.3 is 50.0 Å². The number of ether oxygens (including phenoxy) is 3. The summed E-state index contributed by atoms with van der Waals surface area (Å²) < 4.78 is 18.0. The van der Waals surface area contributed by atoms with Crippen molar-refractivity contribution in [2.24, 2.45) is 17.3 Å². The summed E-state index contributed by atoms with van der Waals surface area (Å²) in [5.74, 6) is -4.51. The molecule has 426 valence electrons. The van der Waals surface area contributed by atoms with Crippen LogP contribution in [0.3, 0.4) is 0 Å². The van der Waals surface area contributed by atoms with Gasteiger partial charge in [0.05, 0.1) is 49.0 Å². The van der Waals surface area contributed by atoms with E-state index in [-0.39, 0.29) is 55.1 Å². The zero-order valence-corrected chi connectivity index (χ0v) is 47.0. The normalized spacial score (nSPS) is 21.7. The monoisotopic (exact) mass is 1120 g/mol. The van der Waals surface area contributed by atoms with E-state index in [4.69, 9.17) is 19.2 Å². The molecule has 0 aliphatic carbocycles. The van der Waals surface area contributed by atoms with Crippen molar-refractivity contribution in [3.8, 4) is 11.5 Å². The molecule has 0 bridgehead atoms. The van der Waals surface area contributed by atoms with Gasteiger partial charge in [-0.05, 0) is 118 Å². The van der Waals surface area contributed by atoms with E-state index in [1.165, 1.54) is 46.7 Å².